The molecule has 3 rings (SSSR count). The molecule has 1 aromatic rings. The molecule has 0 N–H and O–H groups in total. The molecule has 2 fully saturated rings. The fourth-order valence-electron chi connectivity index (χ4n) is 3.69. The van der Waals surface area contributed by atoms with E-state index < -0.39 is 0 Å². The molecule has 2 heterocycles. The molecule has 23 heavy (non-hydrogen) atoms. The van der Waals surface area contributed by atoms with Crippen LogP contribution in [0, 0.1) is 17.2 Å². The van der Waals surface area contributed by atoms with Gasteiger partial charge in [-0.25, -0.2) is 0 Å². The first-order chi connectivity index (χ1) is 11.1. The lowest BCUT2D eigenvalue weighted by atomic mass is 9.81. The number of piperidine rings is 1. The average Bonchev–Trinajstić information content (AvgIpc) is 2.58. The maximum absolute atomic E-state index is 12.1. The zero-order valence-corrected chi connectivity index (χ0v) is 13.8. The van der Waals surface area contributed by atoms with E-state index in [4.69, 9.17) is 10.00 Å². The average molecular weight is 312 g/mol. The summed E-state index contributed by atoms with van der Waals surface area (Å²) < 4.78 is 5.85. The fraction of sp³-hybridized carbons (Fsp3) is 0.579. The number of hydrogen-bond acceptors (Lipinski definition) is 4. The molecular weight excluding hydrogens is 288 g/mol. The van der Waals surface area contributed by atoms with E-state index in [-0.39, 0.29) is 17.5 Å². The minimum atomic E-state index is -0.204. The van der Waals surface area contributed by atoms with Gasteiger partial charge in [-0.15, -0.1) is 0 Å². The lowest BCUT2D eigenvalue weighted by Crippen LogP contribution is -2.50. The van der Waals surface area contributed by atoms with Crippen LogP contribution in [0.1, 0.15) is 50.2 Å². The van der Waals surface area contributed by atoms with Crippen molar-refractivity contribution in [3.63, 3.8) is 0 Å². The SMILES string of the molecule is CCC1CCC2(CCN(Cc3ccc(C#N)cc3)CC2)OC1=O. The molecule has 1 atom stereocenters. The maximum Gasteiger partial charge on any atom is 0.309 e. The first-order valence-corrected chi connectivity index (χ1v) is 8.58. The van der Waals surface area contributed by atoms with E-state index in [1.807, 2.05) is 24.3 Å². The van der Waals surface area contributed by atoms with Gasteiger partial charge in [0, 0.05) is 19.6 Å². The van der Waals surface area contributed by atoms with Crippen molar-refractivity contribution in [2.45, 2.75) is 51.2 Å². The third kappa shape index (κ3) is 3.56. The molecular formula is C19H24N2O2. The Hall–Kier alpha value is -1.86. The van der Waals surface area contributed by atoms with Crippen molar-refractivity contribution in [2.24, 2.45) is 5.92 Å². The molecule has 0 radical (unpaired) electrons. The monoisotopic (exact) mass is 312 g/mol. The van der Waals surface area contributed by atoms with Gasteiger partial charge in [0.1, 0.15) is 5.60 Å². The van der Waals surface area contributed by atoms with Crippen LogP contribution in [0.5, 0.6) is 0 Å². The second-order valence-corrected chi connectivity index (χ2v) is 6.83. The number of rotatable bonds is 3. The van der Waals surface area contributed by atoms with Gasteiger partial charge in [-0.05, 0) is 49.8 Å². The van der Waals surface area contributed by atoms with Crippen LogP contribution in [-0.2, 0) is 16.1 Å². The molecule has 2 saturated heterocycles. The molecule has 4 heteroatoms. The number of likely N-dealkylation sites (tertiary alicyclic amines) is 1. The third-order valence-corrected chi connectivity index (χ3v) is 5.35. The Morgan fingerprint density at radius 1 is 1.26 bits per heavy atom. The quantitative estimate of drug-likeness (QED) is 0.804. The van der Waals surface area contributed by atoms with Gasteiger partial charge in [0.25, 0.3) is 0 Å². The van der Waals surface area contributed by atoms with Gasteiger partial charge < -0.3 is 4.74 Å². The highest BCUT2D eigenvalue weighted by atomic mass is 16.6. The largest absolute Gasteiger partial charge is 0.459 e. The van der Waals surface area contributed by atoms with E-state index >= 15 is 0 Å². The van der Waals surface area contributed by atoms with E-state index in [2.05, 4.69) is 17.9 Å². The zero-order valence-electron chi connectivity index (χ0n) is 13.8. The first kappa shape index (κ1) is 16.0. The smallest absolute Gasteiger partial charge is 0.309 e. The molecule has 2 aliphatic heterocycles. The highest BCUT2D eigenvalue weighted by molar-refractivity contribution is 5.73. The van der Waals surface area contributed by atoms with Crippen LogP contribution in [0.25, 0.3) is 0 Å². The Morgan fingerprint density at radius 2 is 1.96 bits per heavy atom. The summed E-state index contributed by atoms with van der Waals surface area (Å²) in [6.07, 6.45) is 4.75. The van der Waals surface area contributed by atoms with Crippen molar-refractivity contribution in [3.05, 3.63) is 35.4 Å². The van der Waals surface area contributed by atoms with Gasteiger partial charge in [-0.3, -0.25) is 9.69 Å². The molecule has 0 aliphatic carbocycles. The third-order valence-electron chi connectivity index (χ3n) is 5.35. The topological polar surface area (TPSA) is 53.3 Å². The molecule has 122 valence electrons. The van der Waals surface area contributed by atoms with E-state index in [0.29, 0.717) is 5.56 Å². The zero-order chi connectivity index (χ0) is 16.3. The Labute approximate surface area is 138 Å². The molecule has 4 nitrogen and oxygen atoms in total. The number of nitriles is 1. The van der Waals surface area contributed by atoms with Crippen molar-refractivity contribution < 1.29 is 9.53 Å². The van der Waals surface area contributed by atoms with Crippen LogP contribution in [0.4, 0.5) is 0 Å². The predicted octanol–water partition coefficient (Wildman–Crippen LogP) is 3.26. The number of esters is 1. The molecule has 0 amide bonds. The maximum atomic E-state index is 12.1. The Kier molecular flexibility index (Phi) is 4.68. The van der Waals surface area contributed by atoms with Crippen LogP contribution in [0.15, 0.2) is 24.3 Å². The van der Waals surface area contributed by atoms with Gasteiger partial charge in [0.05, 0.1) is 17.6 Å². The normalized spacial score (nSPS) is 24.2. The summed E-state index contributed by atoms with van der Waals surface area (Å²) in [5.74, 6) is 0.122. The summed E-state index contributed by atoms with van der Waals surface area (Å²) in [4.78, 5) is 14.5. The Balaban J connectivity index is 1.54. The van der Waals surface area contributed by atoms with Crippen LogP contribution in [-0.4, -0.2) is 29.6 Å². The highest BCUT2D eigenvalue weighted by Gasteiger charge is 2.43. The molecule has 2 aliphatic rings. The number of carbonyl (C=O) groups excluding carboxylic acids is 1. The van der Waals surface area contributed by atoms with Crippen LogP contribution in [0.3, 0.4) is 0 Å². The molecule has 0 bridgehead atoms. The van der Waals surface area contributed by atoms with Crippen molar-refractivity contribution in [1.82, 2.24) is 4.90 Å². The van der Waals surface area contributed by atoms with Gasteiger partial charge in [0.15, 0.2) is 0 Å². The van der Waals surface area contributed by atoms with E-state index in [0.717, 1.165) is 51.7 Å². The minimum absolute atomic E-state index is 0.0132. The minimum Gasteiger partial charge on any atom is -0.459 e. The summed E-state index contributed by atoms with van der Waals surface area (Å²) in [5, 5.41) is 8.85. The summed E-state index contributed by atoms with van der Waals surface area (Å²) in [7, 11) is 0. The van der Waals surface area contributed by atoms with Crippen molar-refractivity contribution >= 4 is 5.97 Å². The lowest BCUT2D eigenvalue weighted by molar-refractivity contribution is -0.181. The van der Waals surface area contributed by atoms with Gasteiger partial charge in [-0.2, -0.15) is 5.26 Å². The summed E-state index contributed by atoms with van der Waals surface area (Å²) >= 11 is 0. The number of nitrogens with zero attached hydrogens (tertiary/aromatic N) is 2. The Bertz CT molecular complexity index is 595. The number of hydrogen-bond donors (Lipinski definition) is 0. The van der Waals surface area contributed by atoms with E-state index in [1.54, 1.807) is 0 Å². The summed E-state index contributed by atoms with van der Waals surface area (Å²) in [6, 6.07) is 9.93. The molecule has 1 unspecified atom stereocenters. The second-order valence-electron chi connectivity index (χ2n) is 6.83. The number of carbonyl (C=O) groups is 1. The van der Waals surface area contributed by atoms with Crippen molar-refractivity contribution in [3.8, 4) is 6.07 Å². The van der Waals surface area contributed by atoms with E-state index in [9.17, 15) is 4.79 Å². The first-order valence-electron chi connectivity index (χ1n) is 8.58. The van der Waals surface area contributed by atoms with Crippen molar-refractivity contribution in [2.75, 3.05) is 13.1 Å². The summed E-state index contributed by atoms with van der Waals surface area (Å²) in [6.45, 7) is 4.88. The summed E-state index contributed by atoms with van der Waals surface area (Å²) in [5.41, 5.74) is 1.72. The number of benzene rings is 1. The second kappa shape index (κ2) is 6.72. The standard InChI is InChI=1S/C19H24N2O2/c1-2-17-7-8-19(23-18(17)22)9-11-21(12-10-19)14-16-5-3-15(13-20)4-6-16/h3-6,17H,2,7-12,14H2,1H3. The van der Waals surface area contributed by atoms with Crippen LogP contribution < -0.4 is 0 Å². The predicted molar refractivity (Wildman–Crippen MR) is 87.5 cm³/mol. The van der Waals surface area contributed by atoms with Crippen LogP contribution >= 0.6 is 0 Å². The van der Waals surface area contributed by atoms with E-state index in [1.165, 1.54) is 5.56 Å². The molecule has 1 spiro atoms. The highest BCUT2D eigenvalue weighted by Crippen LogP contribution is 2.38. The lowest BCUT2D eigenvalue weighted by Gasteiger charge is -2.44. The number of ether oxygens (including phenoxy) is 1. The Morgan fingerprint density at radius 3 is 2.52 bits per heavy atom. The fourth-order valence-corrected chi connectivity index (χ4v) is 3.69. The van der Waals surface area contributed by atoms with Gasteiger partial charge >= 0.3 is 5.97 Å². The molecule has 0 saturated carbocycles. The molecule has 0 aromatic heterocycles. The van der Waals surface area contributed by atoms with Gasteiger partial charge in [-0.1, -0.05) is 19.1 Å². The molecule has 1 aromatic carbocycles. The van der Waals surface area contributed by atoms with Gasteiger partial charge in [0.2, 0.25) is 0 Å². The van der Waals surface area contributed by atoms with Crippen LogP contribution in [0.2, 0.25) is 0 Å². The van der Waals surface area contributed by atoms with Crippen molar-refractivity contribution in [1.29, 1.82) is 5.26 Å².